The Balaban J connectivity index is 1.28. The monoisotopic (exact) mass is 686 g/mol. The van der Waals surface area contributed by atoms with Gasteiger partial charge in [0.1, 0.15) is 6.10 Å². The molecule has 1 amide bonds. The Morgan fingerprint density at radius 2 is 1.92 bits per heavy atom. The average molecular weight is 687 g/mol. The third-order valence-electron chi connectivity index (χ3n) is 11.2. The van der Waals surface area contributed by atoms with Crippen molar-refractivity contribution in [1.29, 1.82) is 0 Å². The van der Waals surface area contributed by atoms with Gasteiger partial charge in [0.05, 0.1) is 22.6 Å². The lowest BCUT2D eigenvalue weighted by Crippen LogP contribution is -2.78. The summed E-state index contributed by atoms with van der Waals surface area (Å²) in [5.41, 5.74) is 0.423. The molecule has 1 saturated heterocycles. The summed E-state index contributed by atoms with van der Waals surface area (Å²) < 4.78 is 52.9. The molecule has 2 bridgehead atoms. The zero-order chi connectivity index (χ0) is 35.3. The predicted molar refractivity (Wildman–Crippen MR) is 183 cm³/mol. The van der Waals surface area contributed by atoms with Gasteiger partial charge < -0.3 is 19.5 Å². The van der Waals surface area contributed by atoms with Crippen molar-refractivity contribution in [3.8, 4) is 11.5 Å². The topological polar surface area (TPSA) is 79.3 Å². The van der Waals surface area contributed by atoms with Crippen LogP contribution in [0.15, 0.2) is 85.5 Å². The van der Waals surface area contributed by atoms with E-state index < -0.39 is 40.9 Å². The Morgan fingerprint density at radius 3 is 2.66 bits per heavy atom. The van der Waals surface area contributed by atoms with Crippen molar-refractivity contribution in [2.75, 3.05) is 19.6 Å². The number of alkyl halides is 3. The first kappa shape index (κ1) is 34.1. The summed E-state index contributed by atoms with van der Waals surface area (Å²) in [4.78, 5) is 30.5. The first-order chi connectivity index (χ1) is 24.0. The van der Waals surface area contributed by atoms with Crippen molar-refractivity contribution in [3.05, 3.63) is 113 Å². The Bertz CT molecular complexity index is 1830. The summed E-state index contributed by atoms with van der Waals surface area (Å²) in [6.07, 6.45) is 2.82. The Labute approximate surface area is 290 Å². The van der Waals surface area contributed by atoms with Gasteiger partial charge in [-0.2, -0.15) is 13.2 Å². The number of piperidine rings is 1. The highest BCUT2D eigenvalue weighted by atomic mass is 19.4. The first-order valence-corrected chi connectivity index (χ1v) is 17.2. The van der Waals surface area contributed by atoms with Crippen LogP contribution >= 0.6 is 0 Å². The number of nitrogens with zero attached hydrogens (tertiary/aromatic N) is 2. The van der Waals surface area contributed by atoms with Crippen LogP contribution in [0, 0.1) is 0 Å². The van der Waals surface area contributed by atoms with E-state index in [1.165, 1.54) is 31.2 Å². The SMILES string of the molecule is C=CCN1CC[C@]23c4c5ccc(OC(C)=O)c4OC2C(N(CCCc2ccccc2)C(=O)/C=C/c2cccc(C(F)(F)F)c2)CC[C@@]3(O)[C@H]1C5. The van der Waals surface area contributed by atoms with E-state index in [4.69, 9.17) is 9.47 Å². The second kappa shape index (κ2) is 13.0. The van der Waals surface area contributed by atoms with Crippen LogP contribution < -0.4 is 9.47 Å². The van der Waals surface area contributed by atoms with Crippen molar-refractivity contribution < 1.29 is 37.3 Å². The first-order valence-electron chi connectivity index (χ1n) is 17.2. The molecule has 2 aliphatic heterocycles. The van der Waals surface area contributed by atoms with Gasteiger partial charge in [-0.3, -0.25) is 14.5 Å². The number of aliphatic hydroxyl groups is 1. The molecule has 4 aliphatic rings. The van der Waals surface area contributed by atoms with E-state index in [0.29, 0.717) is 63.2 Å². The Kier molecular flexibility index (Phi) is 8.89. The normalized spacial score (nSPS) is 26.6. The third-order valence-corrected chi connectivity index (χ3v) is 11.2. The van der Waals surface area contributed by atoms with Gasteiger partial charge in [-0.25, -0.2) is 0 Å². The van der Waals surface area contributed by atoms with Crippen LogP contribution in [0.2, 0.25) is 0 Å². The minimum atomic E-state index is -4.51. The molecule has 7 rings (SSSR count). The number of esters is 1. The van der Waals surface area contributed by atoms with Crippen LogP contribution in [0.5, 0.6) is 11.5 Å². The molecule has 2 unspecified atom stereocenters. The fourth-order valence-corrected chi connectivity index (χ4v) is 9.15. The fraction of sp³-hybridized carbons (Fsp3) is 0.400. The van der Waals surface area contributed by atoms with Crippen molar-refractivity contribution >= 4 is 18.0 Å². The molecule has 10 heteroatoms. The maximum Gasteiger partial charge on any atom is 0.416 e. The van der Waals surface area contributed by atoms with Gasteiger partial charge in [-0.15, -0.1) is 6.58 Å². The maximum atomic E-state index is 14.3. The second-order valence-corrected chi connectivity index (χ2v) is 13.9. The van der Waals surface area contributed by atoms with E-state index in [-0.39, 0.29) is 17.5 Å². The van der Waals surface area contributed by atoms with Crippen molar-refractivity contribution in [2.24, 2.45) is 0 Å². The predicted octanol–water partition coefficient (Wildman–Crippen LogP) is 6.51. The maximum absolute atomic E-state index is 14.3. The number of amides is 1. The van der Waals surface area contributed by atoms with Gasteiger partial charge in [-0.1, -0.05) is 54.6 Å². The highest BCUT2D eigenvalue weighted by Gasteiger charge is 2.73. The van der Waals surface area contributed by atoms with Crippen LogP contribution in [0.4, 0.5) is 13.2 Å². The number of hydrogen-bond donors (Lipinski definition) is 1. The molecule has 50 heavy (non-hydrogen) atoms. The molecule has 3 aromatic carbocycles. The van der Waals surface area contributed by atoms with Crippen molar-refractivity contribution in [2.45, 2.75) is 80.8 Å². The number of benzene rings is 3. The number of rotatable bonds is 10. The molecular formula is C40H41F3N2O5. The molecule has 0 radical (unpaired) electrons. The fourth-order valence-electron chi connectivity index (χ4n) is 9.15. The molecule has 0 aromatic heterocycles. The van der Waals surface area contributed by atoms with Gasteiger partial charge in [0.15, 0.2) is 11.5 Å². The lowest BCUT2D eigenvalue weighted by molar-refractivity contribution is -0.199. The molecule has 1 saturated carbocycles. The van der Waals surface area contributed by atoms with Crippen molar-refractivity contribution in [1.82, 2.24) is 9.80 Å². The van der Waals surface area contributed by atoms with Gasteiger partial charge in [-0.05, 0) is 86.0 Å². The quantitative estimate of drug-likeness (QED) is 0.113. The number of halogens is 3. The summed E-state index contributed by atoms with van der Waals surface area (Å²) in [5.74, 6) is -0.103. The van der Waals surface area contributed by atoms with Crippen LogP contribution in [0.1, 0.15) is 60.4 Å². The van der Waals surface area contributed by atoms with Crippen molar-refractivity contribution in [3.63, 3.8) is 0 Å². The highest BCUT2D eigenvalue weighted by Crippen LogP contribution is 2.66. The van der Waals surface area contributed by atoms with E-state index in [2.05, 4.69) is 11.5 Å². The molecule has 2 heterocycles. The minimum absolute atomic E-state index is 0.206. The van der Waals surface area contributed by atoms with Crippen LogP contribution in [-0.4, -0.2) is 70.2 Å². The summed E-state index contributed by atoms with van der Waals surface area (Å²) in [7, 11) is 0. The number of aryl methyl sites for hydroxylation is 1. The lowest BCUT2D eigenvalue weighted by Gasteiger charge is -2.64. The number of carbonyl (C=O) groups is 2. The molecule has 262 valence electrons. The third kappa shape index (κ3) is 5.72. The molecule has 3 aromatic rings. The number of hydrogen-bond acceptors (Lipinski definition) is 6. The Hall–Kier alpha value is -4.41. The zero-order valence-electron chi connectivity index (χ0n) is 28.0. The van der Waals surface area contributed by atoms with E-state index in [1.807, 2.05) is 42.5 Å². The Morgan fingerprint density at radius 1 is 1.12 bits per heavy atom. The lowest BCUT2D eigenvalue weighted by atomic mass is 9.48. The molecule has 1 N–H and O–H groups in total. The zero-order valence-corrected chi connectivity index (χ0v) is 28.0. The summed E-state index contributed by atoms with van der Waals surface area (Å²) in [6, 6.07) is 17.9. The second-order valence-electron chi connectivity index (χ2n) is 13.9. The van der Waals surface area contributed by atoms with Crippen LogP contribution in [0.25, 0.3) is 6.08 Å². The largest absolute Gasteiger partial charge is 0.483 e. The minimum Gasteiger partial charge on any atom is -0.483 e. The number of ether oxygens (including phenoxy) is 2. The molecule has 1 spiro atoms. The van der Waals surface area contributed by atoms with E-state index in [9.17, 15) is 27.9 Å². The van der Waals surface area contributed by atoms with Gasteiger partial charge in [0.25, 0.3) is 0 Å². The average Bonchev–Trinajstić information content (AvgIpc) is 3.44. The number of carbonyl (C=O) groups excluding carboxylic acids is 2. The van der Waals surface area contributed by atoms with E-state index in [0.717, 1.165) is 35.2 Å². The highest BCUT2D eigenvalue weighted by molar-refractivity contribution is 5.92. The van der Waals surface area contributed by atoms with Crippen LogP contribution in [0.3, 0.4) is 0 Å². The number of likely N-dealkylation sites (tertiary alicyclic amines) is 1. The van der Waals surface area contributed by atoms with Gasteiger partial charge >= 0.3 is 12.1 Å². The molecule has 2 fully saturated rings. The smallest absolute Gasteiger partial charge is 0.416 e. The van der Waals surface area contributed by atoms with Crippen LogP contribution in [-0.2, 0) is 34.0 Å². The van der Waals surface area contributed by atoms with E-state index >= 15 is 0 Å². The summed E-state index contributed by atoms with van der Waals surface area (Å²) in [6.45, 7) is 6.95. The van der Waals surface area contributed by atoms with E-state index in [1.54, 1.807) is 11.0 Å². The molecule has 2 aliphatic carbocycles. The summed E-state index contributed by atoms with van der Waals surface area (Å²) in [5, 5.41) is 12.9. The van der Waals surface area contributed by atoms with Gasteiger partial charge in [0.2, 0.25) is 5.91 Å². The molecule has 7 nitrogen and oxygen atoms in total. The molecular weight excluding hydrogens is 645 g/mol. The molecule has 5 atom stereocenters. The van der Waals surface area contributed by atoms with Gasteiger partial charge in [0, 0.05) is 37.7 Å². The summed E-state index contributed by atoms with van der Waals surface area (Å²) >= 11 is 0. The standard InChI is InChI=1S/C40H41F3N2O5/c1-3-21-44-23-20-38-35-29-15-16-32(49-26(2)46)36(35)50-37(38)31(18-19-39(38,48)33(44)25-29)45(22-8-12-27-9-5-4-6-10-27)34(47)17-14-28-11-7-13-30(24-28)40(41,42)43/h3-7,9-11,13-17,24,31,33,37,48H,1,8,12,18-23,25H2,2H3/b17-14+/t31?,33-,37?,38+,39-/m1/s1.